The second-order valence-electron chi connectivity index (χ2n) is 4.69. The zero-order valence-corrected chi connectivity index (χ0v) is 10.2. The van der Waals surface area contributed by atoms with Crippen LogP contribution in [0, 0.1) is 0 Å². The van der Waals surface area contributed by atoms with E-state index in [-0.39, 0.29) is 12.2 Å². The van der Waals surface area contributed by atoms with Crippen molar-refractivity contribution in [2.75, 3.05) is 0 Å². The van der Waals surface area contributed by atoms with E-state index in [2.05, 4.69) is 0 Å². The molecule has 0 unspecified atom stereocenters. The van der Waals surface area contributed by atoms with Gasteiger partial charge in [-0.25, -0.2) is 0 Å². The predicted molar refractivity (Wildman–Crippen MR) is 71.2 cm³/mol. The number of hydrogen-bond acceptors (Lipinski definition) is 2. The third-order valence-electron chi connectivity index (χ3n) is 3.52. The van der Waals surface area contributed by atoms with Crippen LogP contribution in [0.2, 0.25) is 0 Å². The summed E-state index contributed by atoms with van der Waals surface area (Å²) in [6, 6.07) is 15.2. The Morgan fingerprint density at radius 3 is 2.47 bits per heavy atom. The lowest BCUT2D eigenvalue weighted by Gasteiger charge is -2.07. The van der Waals surface area contributed by atoms with E-state index >= 15 is 0 Å². The van der Waals surface area contributed by atoms with E-state index in [1.165, 1.54) is 0 Å². The van der Waals surface area contributed by atoms with Gasteiger partial charge in [-0.15, -0.1) is 0 Å². The van der Waals surface area contributed by atoms with Gasteiger partial charge in [0.05, 0.1) is 5.92 Å². The third kappa shape index (κ3) is 1.93. The number of fused-ring (bicyclic) bond motifs is 1. The maximum atomic E-state index is 11.9. The Morgan fingerprint density at radius 1 is 1.05 bits per heavy atom. The van der Waals surface area contributed by atoms with E-state index in [1.807, 2.05) is 36.4 Å². The van der Waals surface area contributed by atoms with Crippen LogP contribution in [0.15, 0.2) is 48.5 Å². The Hall–Kier alpha value is -2.42. The summed E-state index contributed by atoms with van der Waals surface area (Å²) in [5.74, 6) is -1.70. The van der Waals surface area contributed by atoms with Gasteiger partial charge in [-0.1, -0.05) is 42.5 Å². The van der Waals surface area contributed by atoms with Crippen molar-refractivity contribution in [3.63, 3.8) is 0 Å². The van der Waals surface area contributed by atoms with Gasteiger partial charge in [0, 0.05) is 12.0 Å². The fourth-order valence-electron chi connectivity index (χ4n) is 2.54. The molecule has 2 aromatic rings. The van der Waals surface area contributed by atoms with E-state index in [0.717, 1.165) is 11.1 Å². The number of carbonyl (C=O) groups is 2. The summed E-state index contributed by atoms with van der Waals surface area (Å²) in [5, 5.41) is 9.11. The molecule has 3 heteroatoms. The van der Waals surface area contributed by atoms with Crippen LogP contribution in [0.3, 0.4) is 0 Å². The second-order valence-corrected chi connectivity index (χ2v) is 4.69. The molecule has 3 nitrogen and oxygen atoms in total. The molecule has 0 saturated carbocycles. The van der Waals surface area contributed by atoms with Gasteiger partial charge in [-0.3, -0.25) is 9.59 Å². The van der Waals surface area contributed by atoms with E-state index in [1.54, 1.807) is 12.1 Å². The summed E-state index contributed by atoms with van der Waals surface area (Å²) in [5.41, 5.74) is 3.15. The topological polar surface area (TPSA) is 54.4 Å². The highest BCUT2D eigenvalue weighted by Crippen LogP contribution is 2.35. The van der Waals surface area contributed by atoms with Gasteiger partial charge in [0.25, 0.3) is 0 Å². The van der Waals surface area contributed by atoms with Gasteiger partial charge in [0.15, 0.2) is 5.78 Å². The normalized spacial score (nSPS) is 17.3. The van der Waals surface area contributed by atoms with Crippen molar-refractivity contribution in [3.8, 4) is 11.1 Å². The van der Waals surface area contributed by atoms with Crippen molar-refractivity contribution in [2.45, 2.75) is 12.3 Å². The van der Waals surface area contributed by atoms with Crippen molar-refractivity contribution < 1.29 is 14.7 Å². The molecule has 1 aliphatic carbocycles. The molecule has 0 aromatic heterocycles. The average molecular weight is 252 g/mol. The zero-order chi connectivity index (χ0) is 13.4. The van der Waals surface area contributed by atoms with Crippen molar-refractivity contribution >= 4 is 11.8 Å². The van der Waals surface area contributed by atoms with Crippen LogP contribution < -0.4 is 0 Å². The molecule has 94 valence electrons. The Labute approximate surface area is 110 Å². The van der Waals surface area contributed by atoms with Crippen LogP contribution in [0.5, 0.6) is 0 Å². The highest BCUT2D eigenvalue weighted by Gasteiger charge is 2.34. The first-order valence-corrected chi connectivity index (χ1v) is 6.12. The summed E-state index contributed by atoms with van der Waals surface area (Å²) in [6.07, 6.45) is 0.0723. The van der Waals surface area contributed by atoms with Gasteiger partial charge >= 0.3 is 5.97 Å². The minimum absolute atomic E-state index is 0.0723. The molecule has 3 rings (SSSR count). The van der Waals surface area contributed by atoms with E-state index in [0.29, 0.717) is 11.1 Å². The van der Waals surface area contributed by atoms with Crippen molar-refractivity contribution in [2.24, 2.45) is 0 Å². The molecule has 0 saturated heterocycles. The lowest BCUT2D eigenvalue weighted by Crippen LogP contribution is -2.08. The molecule has 0 heterocycles. The standard InChI is InChI=1S/C16H12O3/c17-15-9-14(16(18)19)12-7-6-11(8-13(12)15)10-4-2-1-3-5-10/h1-8,14H,9H2,(H,18,19)/t14-/m0/s1. The van der Waals surface area contributed by atoms with Gasteiger partial charge in [0.1, 0.15) is 0 Å². The number of carbonyl (C=O) groups excluding carboxylic acids is 1. The van der Waals surface area contributed by atoms with Crippen LogP contribution in [-0.2, 0) is 4.79 Å². The maximum absolute atomic E-state index is 11.9. The number of carboxylic acids is 1. The summed E-state index contributed by atoms with van der Waals surface area (Å²) in [6.45, 7) is 0. The molecular formula is C16H12O3. The molecule has 0 bridgehead atoms. The lowest BCUT2D eigenvalue weighted by molar-refractivity contribution is -0.138. The Bertz CT molecular complexity index is 659. The number of rotatable bonds is 2. The fourth-order valence-corrected chi connectivity index (χ4v) is 2.54. The number of hydrogen-bond donors (Lipinski definition) is 1. The zero-order valence-electron chi connectivity index (χ0n) is 10.2. The molecule has 1 aliphatic rings. The molecule has 2 aromatic carbocycles. The number of Topliss-reactive ketones (excluding diaryl/α,β-unsaturated/α-hetero) is 1. The number of ketones is 1. The van der Waals surface area contributed by atoms with Crippen molar-refractivity contribution in [1.29, 1.82) is 0 Å². The first kappa shape index (κ1) is 11.7. The molecule has 1 N–H and O–H groups in total. The van der Waals surface area contributed by atoms with E-state index < -0.39 is 11.9 Å². The van der Waals surface area contributed by atoms with E-state index in [4.69, 9.17) is 5.11 Å². The lowest BCUT2D eigenvalue weighted by atomic mass is 9.97. The van der Waals surface area contributed by atoms with E-state index in [9.17, 15) is 9.59 Å². The molecule has 0 aliphatic heterocycles. The number of carboxylic acid groups (broad SMARTS) is 1. The third-order valence-corrected chi connectivity index (χ3v) is 3.52. The molecule has 0 fully saturated rings. The quantitative estimate of drug-likeness (QED) is 0.893. The largest absolute Gasteiger partial charge is 0.481 e. The van der Waals surface area contributed by atoms with Crippen LogP contribution in [0.25, 0.3) is 11.1 Å². The summed E-state index contributed by atoms with van der Waals surface area (Å²) in [4.78, 5) is 23.0. The summed E-state index contributed by atoms with van der Waals surface area (Å²) < 4.78 is 0. The van der Waals surface area contributed by atoms with Gasteiger partial charge in [-0.05, 0) is 22.8 Å². The Morgan fingerprint density at radius 2 is 1.79 bits per heavy atom. The molecule has 0 radical (unpaired) electrons. The Kier molecular flexibility index (Phi) is 2.67. The predicted octanol–water partition coefficient (Wildman–Crippen LogP) is 3.11. The summed E-state index contributed by atoms with van der Waals surface area (Å²) >= 11 is 0. The molecule has 1 atom stereocenters. The highest BCUT2D eigenvalue weighted by atomic mass is 16.4. The first-order chi connectivity index (χ1) is 9.16. The minimum Gasteiger partial charge on any atom is -0.481 e. The van der Waals surface area contributed by atoms with Crippen LogP contribution in [0.1, 0.15) is 28.3 Å². The average Bonchev–Trinajstić information content (AvgIpc) is 2.77. The smallest absolute Gasteiger partial charge is 0.311 e. The SMILES string of the molecule is O=C1C[C@H](C(=O)O)c2ccc(-c3ccccc3)cc21. The molecule has 19 heavy (non-hydrogen) atoms. The maximum Gasteiger partial charge on any atom is 0.311 e. The van der Waals surface area contributed by atoms with Crippen LogP contribution >= 0.6 is 0 Å². The highest BCUT2D eigenvalue weighted by molar-refractivity contribution is 6.06. The Balaban J connectivity index is 2.09. The second kappa shape index (κ2) is 4.35. The van der Waals surface area contributed by atoms with Crippen molar-refractivity contribution in [3.05, 3.63) is 59.7 Å². The van der Waals surface area contributed by atoms with Gasteiger partial charge in [-0.2, -0.15) is 0 Å². The summed E-state index contributed by atoms with van der Waals surface area (Å²) in [7, 11) is 0. The molecular weight excluding hydrogens is 240 g/mol. The van der Waals surface area contributed by atoms with Gasteiger partial charge < -0.3 is 5.11 Å². The van der Waals surface area contributed by atoms with Crippen molar-refractivity contribution in [1.82, 2.24) is 0 Å². The van der Waals surface area contributed by atoms with Gasteiger partial charge in [0.2, 0.25) is 0 Å². The molecule has 0 spiro atoms. The number of benzene rings is 2. The molecule has 0 amide bonds. The van der Waals surface area contributed by atoms with Crippen LogP contribution in [0.4, 0.5) is 0 Å². The number of aliphatic carboxylic acids is 1. The fraction of sp³-hybridized carbons (Fsp3) is 0.125. The van der Waals surface area contributed by atoms with Crippen LogP contribution in [-0.4, -0.2) is 16.9 Å². The monoisotopic (exact) mass is 252 g/mol. The minimum atomic E-state index is -0.931. The first-order valence-electron chi connectivity index (χ1n) is 6.12.